The normalized spacial score (nSPS) is 14.5. The van der Waals surface area contributed by atoms with Crippen molar-refractivity contribution in [2.45, 2.75) is 13.2 Å². The minimum Gasteiger partial charge on any atom is -0.493 e. The number of para-hydroxylation sites is 1. The minimum absolute atomic E-state index is 0.141. The Kier molecular flexibility index (Phi) is 6.88. The molecule has 3 aromatic rings. The summed E-state index contributed by atoms with van der Waals surface area (Å²) >= 11 is 0.786. The maximum atomic E-state index is 12.9. The van der Waals surface area contributed by atoms with E-state index in [4.69, 9.17) is 9.47 Å². The van der Waals surface area contributed by atoms with Crippen LogP contribution in [0.2, 0.25) is 0 Å². The van der Waals surface area contributed by atoms with Crippen molar-refractivity contribution in [3.63, 3.8) is 0 Å². The number of nitrogens with zero attached hydrogens (tertiary/aromatic N) is 3. The van der Waals surface area contributed by atoms with E-state index in [-0.39, 0.29) is 22.7 Å². The number of hydrogen-bond acceptors (Lipinski definition) is 8. The smallest absolute Gasteiger partial charge is 0.293 e. The van der Waals surface area contributed by atoms with Crippen molar-refractivity contribution in [1.29, 1.82) is 0 Å². The van der Waals surface area contributed by atoms with Crippen molar-refractivity contribution < 1.29 is 24.0 Å². The Morgan fingerprint density at radius 2 is 1.85 bits per heavy atom. The molecular formula is C24H19N3O6S. The number of imide groups is 1. The summed E-state index contributed by atoms with van der Waals surface area (Å²) in [6.45, 7) is 0.160. The summed E-state index contributed by atoms with van der Waals surface area (Å²) in [6, 6.07) is 14.9. The average molecular weight is 477 g/mol. The molecule has 1 aromatic heterocycles. The molecule has 0 spiro atoms. The van der Waals surface area contributed by atoms with Gasteiger partial charge < -0.3 is 9.47 Å². The molecule has 0 saturated carbocycles. The average Bonchev–Trinajstić information content (AvgIpc) is 3.11. The zero-order chi connectivity index (χ0) is 24.1. The van der Waals surface area contributed by atoms with Crippen molar-refractivity contribution >= 4 is 34.7 Å². The number of aromatic nitrogens is 1. The van der Waals surface area contributed by atoms with E-state index in [0.29, 0.717) is 23.7 Å². The maximum absolute atomic E-state index is 12.9. The number of ether oxygens (including phenoxy) is 2. The number of carbonyl (C=O) groups excluding carboxylic acids is 2. The molecule has 0 atom stereocenters. The van der Waals surface area contributed by atoms with Crippen LogP contribution in [-0.2, 0) is 17.9 Å². The zero-order valence-electron chi connectivity index (χ0n) is 18.0. The number of nitro benzene ring substituents is 1. The van der Waals surface area contributed by atoms with Crippen LogP contribution in [0.15, 0.2) is 71.9 Å². The van der Waals surface area contributed by atoms with Gasteiger partial charge in [-0.05, 0) is 53.2 Å². The standard InChI is InChI=1S/C24H19N3O6S/c1-32-21-12-17(6-7-20(21)33-15-16-8-10-25-11-9-16)13-22-23(28)26(24(29)34-22)14-18-4-2-3-5-19(18)27(30)31/h2-13H,14-15H2,1H3/b22-13+. The molecule has 1 saturated heterocycles. The van der Waals surface area contributed by atoms with E-state index in [1.807, 2.05) is 12.1 Å². The second kappa shape index (κ2) is 10.2. The number of pyridine rings is 1. The second-order valence-corrected chi connectivity index (χ2v) is 8.20. The van der Waals surface area contributed by atoms with Crippen LogP contribution in [0.4, 0.5) is 10.5 Å². The van der Waals surface area contributed by atoms with Crippen molar-refractivity contribution in [3.05, 3.63) is 98.7 Å². The quantitative estimate of drug-likeness (QED) is 0.258. The fourth-order valence-electron chi connectivity index (χ4n) is 3.31. The second-order valence-electron chi connectivity index (χ2n) is 7.21. The SMILES string of the molecule is COc1cc(/C=C2/SC(=O)N(Cc3ccccc3[N+](=O)[O-])C2=O)ccc1OCc1ccncc1. The summed E-state index contributed by atoms with van der Waals surface area (Å²) in [5.41, 5.74) is 1.74. The van der Waals surface area contributed by atoms with Crippen LogP contribution < -0.4 is 9.47 Å². The molecule has 2 amide bonds. The summed E-state index contributed by atoms with van der Waals surface area (Å²) in [7, 11) is 1.51. The molecule has 0 aliphatic carbocycles. The predicted octanol–water partition coefficient (Wildman–Crippen LogP) is 4.81. The summed E-state index contributed by atoms with van der Waals surface area (Å²) in [5.74, 6) is 0.494. The molecule has 0 radical (unpaired) electrons. The lowest BCUT2D eigenvalue weighted by atomic mass is 10.1. The summed E-state index contributed by atoms with van der Waals surface area (Å²) in [5, 5.41) is 10.8. The lowest BCUT2D eigenvalue weighted by Gasteiger charge is -2.12. The van der Waals surface area contributed by atoms with Crippen molar-refractivity contribution in [2.75, 3.05) is 7.11 Å². The van der Waals surface area contributed by atoms with Gasteiger partial charge in [-0.2, -0.15) is 0 Å². The number of thioether (sulfide) groups is 1. The first-order chi connectivity index (χ1) is 16.5. The molecule has 34 heavy (non-hydrogen) atoms. The molecule has 1 aliphatic rings. The molecule has 0 bridgehead atoms. The molecule has 2 aromatic carbocycles. The van der Waals surface area contributed by atoms with Gasteiger partial charge in [0.15, 0.2) is 11.5 Å². The molecule has 1 fully saturated rings. The number of nitro groups is 1. The van der Waals surface area contributed by atoms with Crippen LogP contribution >= 0.6 is 11.8 Å². The number of carbonyl (C=O) groups is 2. The van der Waals surface area contributed by atoms with E-state index in [2.05, 4.69) is 4.98 Å². The van der Waals surface area contributed by atoms with Crippen LogP contribution in [0.3, 0.4) is 0 Å². The molecule has 2 heterocycles. The summed E-state index contributed by atoms with van der Waals surface area (Å²) < 4.78 is 11.3. The van der Waals surface area contributed by atoms with E-state index in [0.717, 1.165) is 22.2 Å². The molecule has 172 valence electrons. The van der Waals surface area contributed by atoms with Crippen LogP contribution in [0, 0.1) is 10.1 Å². The van der Waals surface area contributed by atoms with E-state index in [1.54, 1.807) is 42.7 Å². The first-order valence-corrected chi connectivity index (χ1v) is 11.0. The van der Waals surface area contributed by atoms with Crippen molar-refractivity contribution in [1.82, 2.24) is 9.88 Å². The number of hydrogen-bond donors (Lipinski definition) is 0. The maximum Gasteiger partial charge on any atom is 0.293 e. The van der Waals surface area contributed by atoms with Crippen molar-refractivity contribution in [2.24, 2.45) is 0 Å². The molecule has 0 unspecified atom stereocenters. The van der Waals surface area contributed by atoms with Gasteiger partial charge >= 0.3 is 0 Å². The van der Waals surface area contributed by atoms with Gasteiger partial charge in [-0.1, -0.05) is 24.3 Å². The molecule has 9 nitrogen and oxygen atoms in total. The minimum atomic E-state index is -0.533. The van der Waals surface area contributed by atoms with Gasteiger partial charge in [-0.25, -0.2) is 0 Å². The van der Waals surface area contributed by atoms with Crippen LogP contribution in [0.1, 0.15) is 16.7 Å². The summed E-state index contributed by atoms with van der Waals surface area (Å²) in [6.07, 6.45) is 4.95. The molecule has 0 N–H and O–H groups in total. The largest absolute Gasteiger partial charge is 0.493 e. The summed E-state index contributed by atoms with van der Waals surface area (Å²) in [4.78, 5) is 41.3. The fraction of sp³-hybridized carbons (Fsp3) is 0.125. The van der Waals surface area contributed by atoms with E-state index in [9.17, 15) is 19.7 Å². The Morgan fingerprint density at radius 1 is 1.09 bits per heavy atom. The fourth-order valence-corrected chi connectivity index (χ4v) is 4.15. The Morgan fingerprint density at radius 3 is 2.59 bits per heavy atom. The Hall–Kier alpha value is -4.18. The van der Waals surface area contributed by atoms with Gasteiger partial charge in [0, 0.05) is 24.0 Å². The lowest BCUT2D eigenvalue weighted by molar-refractivity contribution is -0.385. The highest BCUT2D eigenvalue weighted by Gasteiger charge is 2.36. The van der Waals surface area contributed by atoms with Gasteiger partial charge in [0.25, 0.3) is 16.8 Å². The highest BCUT2D eigenvalue weighted by atomic mass is 32.2. The molecule has 10 heteroatoms. The molecular weight excluding hydrogens is 458 g/mol. The van der Waals surface area contributed by atoms with E-state index in [1.165, 1.54) is 25.3 Å². The topological polar surface area (TPSA) is 112 Å². The van der Waals surface area contributed by atoms with Gasteiger partial charge in [0.05, 0.1) is 23.5 Å². The van der Waals surface area contributed by atoms with Gasteiger partial charge in [-0.3, -0.25) is 29.6 Å². The highest BCUT2D eigenvalue weighted by Crippen LogP contribution is 2.36. The molecule has 4 rings (SSSR count). The van der Waals surface area contributed by atoms with Gasteiger partial charge in [0.1, 0.15) is 6.61 Å². The van der Waals surface area contributed by atoms with Crippen molar-refractivity contribution in [3.8, 4) is 11.5 Å². The Bertz CT molecular complexity index is 1280. The van der Waals surface area contributed by atoms with E-state index >= 15 is 0 Å². The third-order valence-corrected chi connectivity index (χ3v) is 5.93. The van der Waals surface area contributed by atoms with Gasteiger partial charge in [-0.15, -0.1) is 0 Å². The Balaban J connectivity index is 1.51. The van der Waals surface area contributed by atoms with Crippen LogP contribution in [0.5, 0.6) is 11.5 Å². The number of benzene rings is 2. The van der Waals surface area contributed by atoms with Gasteiger partial charge in [0.2, 0.25) is 0 Å². The zero-order valence-corrected chi connectivity index (χ0v) is 18.9. The third-order valence-electron chi connectivity index (χ3n) is 5.02. The van der Waals surface area contributed by atoms with Crippen LogP contribution in [0.25, 0.3) is 6.08 Å². The van der Waals surface area contributed by atoms with Crippen LogP contribution in [-0.4, -0.2) is 33.1 Å². The monoisotopic (exact) mass is 477 g/mol. The number of methoxy groups -OCH3 is 1. The third kappa shape index (κ3) is 5.07. The first kappa shape index (κ1) is 23.0. The predicted molar refractivity (Wildman–Crippen MR) is 126 cm³/mol. The highest BCUT2D eigenvalue weighted by molar-refractivity contribution is 8.18. The first-order valence-electron chi connectivity index (χ1n) is 10.1. The Labute approximate surface area is 199 Å². The number of rotatable bonds is 8. The van der Waals surface area contributed by atoms with E-state index < -0.39 is 16.1 Å². The lowest BCUT2D eigenvalue weighted by Crippen LogP contribution is -2.27. The number of amides is 2. The molecule has 1 aliphatic heterocycles.